The summed E-state index contributed by atoms with van der Waals surface area (Å²) in [6, 6.07) is 1.70. The zero-order valence-electron chi connectivity index (χ0n) is 7.32. The first-order valence-electron chi connectivity index (χ1n) is 3.90. The van der Waals surface area contributed by atoms with Crippen molar-refractivity contribution in [1.29, 1.82) is 0 Å². The topological polar surface area (TPSA) is 65.5 Å². The van der Waals surface area contributed by atoms with Gasteiger partial charge in [-0.1, -0.05) is 0 Å². The van der Waals surface area contributed by atoms with Crippen LogP contribution >= 0.6 is 0 Å². The van der Waals surface area contributed by atoms with Crippen molar-refractivity contribution in [3.8, 4) is 0 Å². The molecule has 4 heteroatoms. The third-order valence-corrected chi connectivity index (χ3v) is 1.38. The van der Waals surface area contributed by atoms with Gasteiger partial charge in [-0.15, -0.1) is 0 Å². The molecule has 13 heavy (non-hydrogen) atoms. The predicted molar refractivity (Wildman–Crippen MR) is 47.5 cm³/mol. The van der Waals surface area contributed by atoms with Crippen LogP contribution in [0.25, 0.3) is 6.08 Å². The van der Waals surface area contributed by atoms with E-state index < -0.39 is 5.97 Å². The summed E-state index contributed by atoms with van der Waals surface area (Å²) in [6.45, 7) is 2.04. The van der Waals surface area contributed by atoms with Gasteiger partial charge in [-0.05, 0) is 19.1 Å². The lowest BCUT2D eigenvalue weighted by Gasteiger charge is -1.99. The number of ether oxygens (including phenoxy) is 1. The number of rotatable bonds is 3. The molecule has 0 aliphatic rings. The molecule has 0 unspecified atom stereocenters. The Kier molecular flexibility index (Phi) is 3.14. The minimum atomic E-state index is -0.510. The van der Waals surface area contributed by atoms with Crippen molar-refractivity contribution in [2.75, 3.05) is 6.61 Å². The Bertz CT molecular complexity index is 301. The second kappa shape index (κ2) is 4.35. The molecule has 1 aromatic heterocycles. The maximum absolute atomic E-state index is 11.0. The van der Waals surface area contributed by atoms with Gasteiger partial charge in [0.1, 0.15) is 5.70 Å². The van der Waals surface area contributed by atoms with E-state index in [1.165, 1.54) is 18.6 Å². The van der Waals surface area contributed by atoms with Gasteiger partial charge in [0.15, 0.2) is 0 Å². The number of carbonyl (C=O) groups is 1. The van der Waals surface area contributed by atoms with E-state index >= 15 is 0 Å². The highest BCUT2D eigenvalue weighted by atomic mass is 16.5. The molecule has 4 nitrogen and oxygen atoms in total. The molecule has 2 N–H and O–H groups in total. The number of carbonyl (C=O) groups excluding carboxylic acids is 1. The lowest BCUT2D eigenvalue weighted by Crippen LogP contribution is -2.14. The second-order valence-electron chi connectivity index (χ2n) is 2.38. The summed E-state index contributed by atoms with van der Waals surface area (Å²) in [5.74, 6) is -0.510. The van der Waals surface area contributed by atoms with Crippen LogP contribution in [0.15, 0.2) is 28.7 Å². The third-order valence-electron chi connectivity index (χ3n) is 1.38. The van der Waals surface area contributed by atoms with E-state index in [4.69, 9.17) is 10.2 Å². The minimum absolute atomic E-state index is 0.0725. The molecule has 0 amide bonds. The smallest absolute Gasteiger partial charge is 0.354 e. The van der Waals surface area contributed by atoms with Crippen LogP contribution in [-0.2, 0) is 9.53 Å². The summed E-state index contributed by atoms with van der Waals surface area (Å²) < 4.78 is 9.49. The lowest BCUT2D eigenvalue weighted by molar-refractivity contribution is -0.138. The molecule has 0 saturated heterocycles. The summed E-state index contributed by atoms with van der Waals surface area (Å²) in [4.78, 5) is 11.0. The summed E-state index contributed by atoms with van der Waals surface area (Å²) in [7, 11) is 0. The van der Waals surface area contributed by atoms with Crippen molar-refractivity contribution in [2.45, 2.75) is 6.92 Å². The van der Waals surface area contributed by atoms with Crippen molar-refractivity contribution >= 4 is 12.0 Å². The van der Waals surface area contributed by atoms with Crippen LogP contribution < -0.4 is 5.73 Å². The molecule has 1 rings (SSSR count). The molecule has 0 aliphatic carbocycles. The van der Waals surface area contributed by atoms with Gasteiger partial charge in [-0.25, -0.2) is 4.79 Å². The number of nitrogens with two attached hydrogens (primary N) is 1. The van der Waals surface area contributed by atoms with Gasteiger partial charge in [0, 0.05) is 5.56 Å². The summed E-state index contributed by atoms with van der Waals surface area (Å²) in [5, 5.41) is 0. The quantitative estimate of drug-likeness (QED) is 0.561. The van der Waals surface area contributed by atoms with Crippen LogP contribution in [0, 0.1) is 0 Å². The van der Waals surface area contributed by atoms with Crippen molar-refractivity contribution in [1.82, 2.24) is 0 Å². The third kappa shape index (κ3) is 2.66. The number of hydrogen-bond acceptors (Lipinski definition) is 4. The molecule has 1 heterocycles. The van der Waals surface area contributed by atoms with Crippen LogP contribution in [-0.4, -0.2) is 12.6 Å². The van der Waals surface area contributed by atoms with Crippen LogP contribution in [0.4, 0.5) is 0 Å². The standard InChI is InChI=1S/C9H11NO3/c1-2-13-9(11)8(10)5-7-3-4-12-6-7/h3-6H,2,10H2,1H3/b8-5-. The van der Waals surface area contributed by atoms with Crippen LogP contribution in [0.3, 0.4) is 0 Å². The largest absolute Gasteiger partial charge is 0.472 e. The molecule has 0 radical (unpaired) electrons. The van der Waals surface area contributed by atoms with Crippen LogP contribution in [0.5, 0.6) is 0 Å². The van der Waals surface area contributed by atoms with Gasteiger partial charge < -0.3 is 14.9 Å². The second-order valence-corrected chi connectivity index (χ2v) is 2.38. The fourth-order valence-corrected chi connectivity index (χ4v) is 0.810. The Morgan fingerprint density at radius 3 is 3.08 bits per heavy atom. The lowest BCUT2D eigenvalue weighted by atomic mass is 10.3. The monoisotopic (exact) mass is 181 g/mol. The zero-order valence-corrected chi connectivity index (χ0v) is 7.32. The Balaban J connectivity index is 2.66. The van der Waals surface area contributed by atoms with Gasteiger partial charge in [0.25, 0.3) is 0 Å². The van der Waals surface area contributed by atoms with Crippen LogP contribution in [0.1, 0.15) is 12.5 Å². The molecule has 0 fully saturated rings. The molecule has 70 valence electrons. The molecule has 0 spiro atoms. The van der Waals surface area contributed by atoms with E-state index in [-0.39, 0.29) is 5.70 Å². The number of furan rings is 1. The van der Waals surface area contributed by atoms with Gasteiger partial charge in [0.05, 0.1) is 19.1 Å². The fourth-order valence-electron chi connectivity index (χ4n) is 0.810. The first kappa shape index (κ1) is 9.38. The van der Waals surface area contributed by atoms with Crippen molar-refractivity contribution in [2.24, 2.45) is 5.73 Å². The van der Waals surface area contributed by atoms with E-state index in [9.17, 15) is 4.79 Å². The van der Waals surface area contributed by atoms with Gasteiger partial charge in [0.2, 0.25) is 0 Å². The Morgan fingerprint density at radius 2 is 2.54 bits per heavy atom. The fraction of sp³-hybridized carbons (Fsp3) is 0.222. The zero-order chi connectivity index (χ0) is 9.68. The number of esters is 1. The highest BCUT2D eigenvalue weighted by Crippen LogP contribution is 2.05. The maximum atomic E-state index is 11.0. The van der Waals surface area contributed by atoms with Crippen LogP contribution in [0.2, 0.25) is 0 Å². The molecule has 0 saturated carbocycles. The van der Waals surface area contributed by atoms with E-state index in [0.717, 1.165) is 5.56 Å². The average molecular weight is 181 g/mol. The average Bonchev–Trinajstić information content (AvgIpc) is 2.57. The molecular weight excluding hydrogens is 170 g/mol. The molecule has 0 bridgehead atoms. The summed E-state index contributed by atoms with van der Waals surface area (Å²) in [6.07, 6.45) is 4.50. The van der Waals surface area contributed by atoms with Crippen molar-refractivity contribution in [3.05, 3.63) is 29.9 Å². The van der Waals surface area contributed by atoms with Crippen molar-refractivity contribution < 1.29 is 13.9 Å². The molecule has 1 aromatic rings. The molecule has 0 atom stereocenters. The van der Waals surface area contributed by atoms with Crippen molar-refractivity contribution in [3.63, 3.8) is 0 Å². The predicted octanol–water partition coefficient (Wildman–Crippen LogP) is 1.14. The normalized spacial score (nSPS) is 11.3. The van der Waals surface area contributed by atoms with Gasteiger partial charge in [-0.3, -0.25) is 0 Å². The van der Waals surface area contributed by atoms with E-state index in [0.29, 0.717) is 6.61 Å². The SMILES string of the molecule is CCOC(=O)/C(N)=C/c1ccoc1. The van der Waals surface area contributed by atoms with Gasteiger partial charge in [-0.2, -0.15) is 0 Å². The number of hydrogen-bond donors (Lipinski definition) is 1. The van der Waals surface area contributed by atoms with E-state index in [1.54, 1.807) is 13.0 Å². The Labute approximate surface area is 76.0 Å². The molecule has 0 aromatic carbocycles. The molecular formula is C9H11NO3. The molecule has 0 aliphatic heterocycles. The first-order chi connectivity index (χ1) is 6.24. The van der Waals surface area contributed by atoms with Gasteiger partial charge >= 0.3 is 5.97 Å². The first-order valence-corrected chi connectivity index (χ1v) is 3.90. The Hall–Kier alpha value is -1.71. The minimum Gasteiger partial charge on any atom is -0.472 e. The highest BCUT2D eigenvalue weighted by molar-refractivity contribution is 5.92. The maximum Gasteiger partial charge on any atom is 0.354 e. The van der Waals surface area contributed by atoms with E-state index in [1.807, 2.05) is 0 Å². The summed E-state index contributed by atoms with van der Waals surface area (Å²) >= 11 is 0. The Morgan fingerprint density at radius 1 is 1.77 bits per heavy atom. The summed E-state index contributed by atoms with van der Waals surface area (Å²) in [5.41, 5.74) is 6.25. The van der Waals surface area contributed by atoms with E-state index in [2.05, 4.69) is 4.74 Å². The highest BCUT2D eigenvalue weighted by Gasteiger charge is 2.05.